The fourth-order valence-electron chi connectivity index (χ4n) is 3.24. The summed E-state index contributed by atoms with van der Waals surface area (Å²) in [7, 11) is 0. The fraction of sp³-hybridized carbons (Fsp3) is 0.286. The van der Waals surface area contributed by atoms with Crippen LogP contribution in [0.15, 0.2) is 54.7 Å². The van der Waals surface area contributed by atoms with Gasteiger partial charge < -0.3 is 14.8 Å². The fourth-order valence-corrected chi connectivity index (χ4v) is 3.24. The molecule has 4 rings (SSSR count). The summed E-state index contributed by atoms with van der Waals surface area (Å²) in [5, 5.41) is 11.0. The van der Waals surface area contributed by atoms with Gasteiger partial charge in [-0.05, 0) is 36.6 Å². The number of carbonyl (C=O) groups is 1. The zero-order chi connectivity index (χ0) is 19.3. The Kier molecular flexibility index (Phi) is 5.23. The highest BCUT2D eigenvalue weighted by molar-refractivity contribution is 5.76. The molecule has 7 heteroatoms. The van der Waals surface area contributed by atoms with Crippen molar-refractivity contribution in [3.63, 3.8) is 0 Å². The first-order valence-corrected chi connectivity index (χ1v) is 9.27. The normalized spacial score (nSPS) is 13.8. The van der Waals surface area contributed by atoms with E-state index in [-0.39, 0.29) is 18.5 Å². The van der Waals surface area contributed by atoms with Gasteiger partial charge in [0.1, 0.15) is 19.8 Å². The first-order chi connectivity index (χ1) is 13.7. The molecule has 1 aliphatic heterocycles. The van der Waals surface area contributed by atoms with Gasteiger partial charge >= 0.3 is 0 Å². The van der Waals surface area contributed by atoms with Crippen LogP contribution in [0.1, 0.15) is 22.9 Å². The molecule has 1 amide bonds. The summed E-state index contributed by atoms with van der Waals surface area (Å²) >= 11 is 0. The van der Waals surface area contributed by atoms with Crippen LogP contribution in [0.25, 0.3) is 0 Å². The number of rotatable bonds is 6. The van der Waals surface area contributed by atoms with Crippen molar-refractivity contribution in [3.05, 3.63) is 71.5 Å². The molecule has 1 atom stereocenters. The number of fused-ring (bicyclic) bond motifs is 1. The highest BCUT2D eigenvalue weighted by Crippen LogP contribution is 2.33. The monoisotopic (exact) mass is 378 g/mol. The van der Waals surface area contributed by atoms with Crippen molar-refractivity contribution in [2.45, 2.75) is 25.9 Å². The molecule has 0 saturated carbocycles. The third kappa shape index (κ3) is 4.31. The molecule has 0 aliphatic carbocycles. The second-order valence-corrected chi connectivity index (χ2v) is 6.77. The molecule has 0 radical (unpaired) electrons. The summed E-state index contributed by atoms with van der Waals surface area (Å²) < 4.78 is 12.9. The van der Waals surface area contributed by atoms with Gasteiger partial charge in [0.2, 0.25) is 5.91 Å². The molecule has 0 fully saturated rings. The smallest absolute Gasteiger partial charge is 0.242 e. The standard InChI is InChI=1S/C21H22N4O3/c1-15-13-25(24-23-15)14-21(26)22-18(11-16-5-3-2-4-6-16)17-7-8-19-20(12-17)28-10-9-27-19/h2-8,12-13,18H,9-11,14H2,1H3,(H,22,26). The lowest BCUT2D eigenvalue weighted by Gasteiger charge is -2.23. The quantitative estimate of drug-likeness (QED) is 0.713. The van der Waals surface area contributed by atoms with E-state index in [9.17, 15) is 4.79 Å². The largest absolute Gasteiger partial charge is 0.486 e. The number of benzene rings is 2. The third-order valence-electron chi connectivity index (χ3n) is 4.55. The van der Waals surface area contributed by atoms with Gasteiger partial charge in [-0.15, -0.1) is 5.10 Å². The Bertz CT molecular complexity index is 955. The molecule has 28 heavy (non-hydrogen) atoms. The van der Waals surface area contributed by atoms with E-state index >= 15 is 0 Å². The van der Waals surface area contributed by atoms with Crippen molar-refractivity contribution >= 4 is 5.91 Å². The van der Waals surface area contributed by atoms with Gasteiger partial charge in [0.15, 0.2) is 11.5 Å². The van der Waals surface area contributed by atoms with Crippen molar-refractivity contribution in [1.29, 1.82) is 0 Å². The molecule has 1 unspecified atom stereocenters. The zero-order valence-corrected chi connectivity index (χ0v) is 15.7. The summed E-state index contributed by atoms with van der Waals surface area (Å²) in [6.45, 7) is 3.04. The van der Waals surface area contributed by atoms with E-state index in [2.05, 4.69) is 27.8 Å². The molecule has 1 aliphatic rings. The van der Waals surface area contributed by atoms with Gasteiger partial charge in [-0.3, -0.25) is 4.79 Å². The molecule has 0 spiro atoms. The first-order valence-electron chi connectivity index (χ1n) is 9.27. The van der Waals surface area contributed by atoms with E-state index in [1.807, 2.05) is 43.3 Å². The maximum Gasteiger partial charge on any atom is 0.242 e. The van der Waals surface area contributed by atoms with E-state index in [0.29, 0.717) is 25.4 Å². The number of ether oxygens (including phenoxy) is 2. The van der Waals surface area contributed by atoms with E-state index in [1.165, 1.54) is 4.68 Å². The Hall–Kier alpha value is -3.35. The molecule has 3 aromatic rings. The number of nitrogens with zero attached hydrogens (tertiary/aromatic N) is 3. The minimum Gasteiger partial charge on any atom is -0.486 e. The van der Waals surface area contributed by atoms with Gasteiger partial charge in [0.25, 0.3) is 0 Å². The number of amides is 1. The molecule has 0 bridgehead atoms. The third-order valence-corrected chi connectivity index (χ3v) is 4.55. The predicted molar refractivity (Wildman–Crippen MR) is 103 cm³/mol. The van der Waals surface area contributed by atoms with E-state index in [0.717, 1.165) is 22.6 Å². The van der Waals surface area contributed by atoms with Crippen LogP contribution < -0.4 is 14.8 Å². The summed E-state index contributed by atoms with van der Waals surface area (Å²) in [5.41, 5.74) is 2.89. The lowest BCUT2D eigenvalue weighted by Crippen LogP contribution is -2.33. The van der Waals surface area contributed by atoms with E-state index in [1.54, 1.807) is 6.20 Å². The first kappa shape index (κ1) is 18.0. The van der Waals surface area contributed by atoms with Gasteiger partial charge in [0.05, 0.1) is 11.7 Å². The van der Waals surface area contributed by atoms with Crippen molar-refractivity contribution in [1.82, 2.24) is 20.3 Å². The highest BCUT2D eigenvalue weighted by atomic mass is 16.6. The van der Waals surface area contributed by atoms with Crippen LogP contribution in [0, 0.1) is 6.92 Å². The zero-order valence-electron chi connectivity index (χ0n) is 15.7. The summed E-state index contributed by atoms with van der Waals surface area (Å²) in [6.07, 6.45) is 2.42. The molecule has 144 valence electrons. The second-order valence-electron chi connectivity index (χ2n) is 6.77. The Labute approximate surface area is 163 Å². The molecule has 1 N–H and O–H groups in total. The molecular weight excluding hydrogens is 356 g/mol. The minimum absolute atomic E-state index is 0.122. The summed E-state index contributed by atoms with van der Waals surface area (Å²) in [6, 6.07) is 15.7. The Morgan fingerprint density at radius 1 is 1.14 bits per heavy atom. The molecule has 1 aromatic heterocycles. The average molecular weight is 378 g/mol. The number of nitrogens with one attached hydrogen (secondary N) is 1. The van der Waals surface area contributed by atoms with Crippen LogP contribution in [0.3, 0.4) is 0 Å². The number of aromatic nitrogens is 3. The number of hydrogen-bond acceptors (Lipinski definition) is 5. The summed E-state index contributed by atoms with van der Waals surface area (Å²) in [5.74, 6) is 1.32. The van der Waals surface area contributed by atoms with Gasteiger partial charge in [-0.2, -0.15) is 0 Å². The molecule has 2 aromatic carbocycles. The average Bonchev–Trinajstić information content (AvgIpc) is 3.12. The Morgan fingerprint density at radius 3 is 2.68 bits per heavy atom. The maximum atomic E-state index is 12.6. The van der Waals surface area contributed by atoms with Gasteiger partial charge in [-0.25, -0.2) is 4.68 Å². The van der Waals surface area contributed by atoms with Gasteiger partial charge in [0, 0.05) is 6.20 Å². The van der Waals surface area contributed by atoms with Crippen LogP contribution in [-0.4, -0.2) is 34.1 Å². The highest BCUT2D eigenvalue weighted by Gasteiger charge is 2.20. The topological polar surface area (TPSA) is 78.3 Å². The number of carbonyl (C=O) groups excluding carboxylic acids is 1. The summed E-state index contributed by atoms with van der Waals surface area (Å²) in [4.78, 5) is 12.6. The van der Waals surface area contributed by atoms with Crippen LogP contribution in [0.2, 0.25) is 0 Å². The molecular formula is C21H22N4O3. The molecule has 0 saturated heterocycles. The Balaban J connectivity index is 1.55. The minimum atomic E-state index is -0.199. The van der Waals surface area contributed by atoms with Crippen molar-refractivity contribution in [2.24, 2.45) is 0 Å². The number of aryl methyl sites for hydroxylation is 1. The lowest BCUT2D eigenvalue weighted by molar-refractivity contribution is -0.122. The van der Waals surface area contributed by atoms with Gasteiger partial charge in [-0.1, -0.05) is 41.6 Å². The van der Waals surface area contributed by atoms with Crippen LogP contribution in [-0.2, 0) is 17.8 Å². The van der Waals surface area contributed by atoms with E-state index in [4.69, 9.17) is 9.47 Å². The van der Waals surface area contributed by atoms with E-state index < -0.39 is 0 Å². The van der Waals surface area contributed by atoms with Crippen LogP contribution >= 0.6 is 0 Å². The van der Waals surface area contributed by atoms with Crippen molar-refractivity contribution in [3.8, 4) is 11.5 Å². The van der Waals surface area contributed by atoms with Crippen molar-refractivity contribution in [2.75, 3.05) is 13.2 Å². The Morgan fingerprint density at radius 2 is 1.93 bits per heavy atom. The number of hydrogen-bond donors (Lipinski definition) is 1. The maximum absolute atomic E-state index is 12.6. The van der Waals surface area contributed by atoms with Crippen LogP contribution in [0.4, 0.5) is 0 Å². The SMILES string of the molecule is Cc1cn(CC(=O)NC(Cc2ccccc2)c2ccc3c(c2)OCCO3)nn1. The molecule has 2 heterocycles. The van der Waals surface area contributed by atoms with Crippen molar-refractivity contribution < 1.29 is 14.3 Å². The molecule has 7 nitrogen and oxygen atoms in total. The second kappa shape index (κ2) is 8.12. The lowest BCUT2D eigenvalue weighted by atomic mass is 9.98. The predicted octanol–water partition coefficient (Wildman–Crippen LogP) is 2.46. The van der Waals surface area contributed by atoms with Crippen LogP contribution in [0.5, 0.6) is 11.5 Å².